The van der Waals surface area contributed by atoms with Crippen molar-refractivity contribution in [1.82, 2.24) is 9.80 Å². The van der Waals surface area contributed by atoms with Crippen LogP contribution in [0, 0.1) is 0 Å². The maximum atomic E-state index is 12.8. The first kappa shape index (κ1) is 21.9. The molecule has 0 aliphatic carbocycles. The number of piperazine rings is 1. The number of imide groups is 1. The van der Waals surface area contributed by atoms with E-state index >= 15 is 0 Å². The number of carbonyl (C=O) groups is 2. The summed E-state index contributed by atoms with van der Waals surface area (Å²) in [6.45, 7) is 7.99. The molecular formula is C25H30N4O3. The number of amides is 2. The molecule has 0 aromatic heterocycles. The molecule has 2 aliphatic rings. The minimum absolute atomic E-state index is 0.0620. The molecule has 2 aromatic carbocycles. The molecule has 0 unspecified atom stereocenters. The number of rotatable bonds is 6. The van der Waals surface area contributed by atoms with Gasteiger partial charge in [0.1, 0.15) is 11.4 Å². The fraction of sp³-hybridized carbons (Fsp3) is 0.360. The quantitative estimate of drug-likeness (QED) is 0.705. The Labute approximate surface area is 189 Å². The van der Waals surface area contributed by atoms with Gasteiger partial charge >= 0.3 is 0 Å². The summed E-state index contributed by atoms with van der Waals surface area (Å²) < 4.78 is 5.69. The van der Waals surface area contributed by atoms with Crippen molar-refractivity contribution in [2.45, 2.75) is 20.0 Å². The number of nitrogens with zero attached hydrogens (tertiary/aromatic N) is 3. The van der Waals surface area contributed by atoms with E-state index in [0.717, 1.165) is 48.2 Å². The van der Waals surface area contributed by atoms with Crippen molar-refractivity contribution in [3.05, 3.63) is 59.8 Å². The van der Waals surface area contributed by atoms with Crippen molar-refractivity contribution in [3.8, 4) is 5.75 Å². The van der Waals surface area contributed by atoms with Gasteiger partial charge in [0, 0.05) is 44.6 Å². The molecule has 0 atom stereocenters. The molecule has 2 amide bonds. The first-order valence-corrected chi connectivity index (χ1v) is 11.0. The van der Waals surface area contributed by atoms with Crippen LogP contribution in [0.25, 0.3) is 5.57 Å². The summed E-state index contributed by atoms with van der Waals surface area (Å²) in [5.74, 6) is 0.0724. The van der Waals surface area contributed by atoms with E-state index in [9.17, 15) is 9.59 Å². The minimum Gasteiger partial charge on any atom is -0.491 e. The van der Waals surface area contributed by atoms with Crippen LogP contribution < -0.4 is 15.0 Å². The van der Waals surface area contributed by atoms with Crippen molar-refractivity contribution in [2.75, 3.05) is 50.5 Å². The fourth-order valence-corrected chi connectivity index (χ4v) is 3.96. The lowest BCUT2D eigenvalue weighted by atomic mass is 10.0. The summed E-state index contributed by atoms with van der Waals surface area (Å²) in [4.78, 5) is 31.5. The van der Waals surface area contributed by atoms with Gasteiger partial charge in [-0.05, 0) is 62.9 Å². The number of nitrogens with one attached hydrogen (secondary N) is 1. The lowest BCUT2D eigenvalue weighted by Gasteiger charge is -2.34. The molecule has 1 fully saturated rings. The highest BCUT2D eigenvalue weighted by molar-refractivity contribution is 6.36. The van der Waals surface area contributed by atoms with E-state index in [1.165, 1.54) is 7.05 Å². The van der Waals surface area contributed by atoms with Crippen molar-refractivity contribution < 1.29 is 14.3 Å². The molecule has 168 valence electrons. The van der Waals surface area contributed by atoms with Crippen LogP contribution in [-0.2, 0) is 9.59 Å². The predicted molar refractivity (Wildman–Crippen MR) is 127 cm³/mol. The van der Waals surface area contributed by atoms with E-state index in [2.05, 4.69) is 34.3 Å². The number of carbonyl (C=O) groups excluding carboxylic acids is 2. The average molecular weight is 435 g/mol. The largest absolute Gasteiger partial charge is 0.491 e. The van der Waals surface area contributed by atoms with Gasteiger partial charge in [-0.1, -0.05) is 12.1 Å². The molecule has 1 N–H and O–H groups in total. The molecule has 2 heterocycles. The zero-order valence-corrected chi connectivity index (χ0v) is 19.1. The third kappa shape index (κ3) is 4.48. The Kier molecular flexibility index (Phi) is 6.19. The Hall–Kier alpha value is -3.32. The minimum atomic E-state index is -0.337. The monoisotopic (exact) mass is 434 g/mol. The van der Waals surface area contributed by atoms with Crippen LogP contribution in [0.4, 0.5) is 11.4 Å². The second kappa shape index (κ2) is 9.04. The molecule has 0 spiro atoms. The molecule has 0 bridgehead atoms. The third-order valence-electron chi connectivity index (χ3n) is 5.81. The van der Waals surface area contributed by atoms with E-state index in [1.54, 1.807) is 0 Å². The SMILES string of the molecule is CC(C)Oc1ccc(C2=C(Nc3ccc(N4CCN(C)CC4)cc3)C(=O)N(C)C2=O)cc1. The molecule has 0 saturated carbocycles. The lowest BCUT2D eigenvalue weighted by molar-refractivity contribution is -0.135. The van der Waals surface area contributed by atoms with Crippen LogP contribution in [0.1, 0.15) is 19.4 Å². The number of likely N-dealkylation sites (N-methyl/N-ethyl adjacent to an activating group) is 2. The van der Waals surface area contributed by atoms with Crippen LogP contribution in [0.5, 0.6) is 5.75 Å². The molecule has 2 aliphatic heterocycles. The average Bonchev–Trinajstić information content (AvgIpc) is 2.99. The molecule has 1 saturated heterocycles. The highest BCUT2D eigenvalue weighted by Gasteiger charge is 2.36. The van der Waals surface area contributed by atoms with Gasteiger partial charge in [0.25, 0.3) is 11.8 Å². The maximum absolute atomic E-state index is 12.8. The van der Waals surface area contributed by atoms with Gasteiger partial charge < -0.3 is 19.9 Å². The van der Waals surface area contributed by atoms with Crippen LogP contribution in [0.2, 0.25) is 0 Å². The number of hydrogen-bond donors (Lipinski definition) is 1. The number of anilines is 2. The van der Waals surface area contributed by atoms with Crippen LogP contribution in [0.15, 0.2) is 54.2 Å². The third-order valence-corrected chi connectivity index (χ3v) is 5.81. The Balaban J connectivity index is 1.57. The topological polar surface area (TPSA) is 65.1 Å². The summed E-state index contributed by atoms with van der Waals surface area (Å²) in [7, 11) is 3.64. The highest BCUT2D eigenvalue weighted by atomic mass is 16.5. The van der Waals surface area contributed by atoms with E-state index in [-0.39, 0.29) is 17.9 Å². The number of benzene rings is 2. The van der Waals surface area contributed by atoms with Crippen molar-refractivity contribution >= 4 is 28.8 Å². The molecule has 0 radical (unpaired) electrons. The fourth-order valence-electron chi connectivity index (χ4n) is 3.96. The molecular weight excluding hydrogens is 404 g/mol. The second-order valence-corrected chi connectivity index (χ2v) is 8.57. The molecule has 7 heteroatoms. The number of hydrogen-bond acceptors (Lipinski definition) is 6. The Morgan fingerprint density at radius 2 is 1.47 bits per heavy atom. The van der Waals surface area contributed by atoms with Gasteiger partial charge in [-0.15, -0.1) is 0 Å². The van der Waals surface area contributed by atoms with Crippen molar-refractivity contribution in [2.24, 2.45) is 0 Å². The van der Waals surface area contributed by atoms with Crippen LogP contribution >= 0.6 is 0 Å². The first-order chi connectivity index (χ1) is 15.3. The Bertz CT molecular complexity index is 1020. The molecule has 2 aromatic rings. The van der Waals surface area contributed by atoms with Crippen molar-refractivity contribution in [3.63, 3.8) is 0 Å². The zero-order valence-electron chi connectivity index (χ0n) is 19.1. The van der Waals surface area contributed by atoms with Gasteiger partial charge in [0.15, 0.2) is 0 Å². The summed E-state index contributed by atoms with van der Waals surface area (Å²) in [5, 5.41) is 3.19. The molecule has 32 heavy (non-hydrogen) atoms. The summed E-state index contributed by atoms with van der Waals surface area (Å²) >= 11 is 0. The van der Waals surface area contributed by atoms with Gasteiger partial charge in [0.2, 0.25) is 0 Å². The predicted octanol–water partition coefficient (Wildman–Crippen LogP) is 3.05. The van der Waals surface area contributed by atoms with E-state index in [4.69, 9.17) is 4.74 Å². The summed E-state index contributed by atoms with van der Waals surface area (Å²) in [6.07, 6.45) is 0.0620. The lowest BCUT2D eigenvalue weighted by Crippen LogP contribution is -2.44. The second-order valence-electron chi connectivity index (χ2n) is 8.57. The van der Waals surface area contributed by atoms with Gasteiger partial charge in [-0.3, -0.25) is 14.5 Å². The summed E-state index contributed by atoms with van der Waals surface area (Å²) in [5.41, 5.74) is 3.27. The van der Waals surface area contributed by atoms with E-state index in [1.807, 2.05) is 50.2 Å². The first-order valence-electron chi connectivity index (χ1n) is 11.0. The Morgan fingerprint density at radius 1 is 0.844 bits per heavy atom. The van der Waals surface area contributed by atoms with Crippen molar-refractivity contribution in [1.29, 1.82) is 0 Å². The number of ether oxygens (including phenoxy) is 1. The Morgan fingerprint density at radius 3 is 2.06 bits per heavy atom. The van der Waals surface area contributed by atoms with Crippen LogP contribution in [0.3, 0.4) is 0 Å². The van der Waals surface area contributed by atoms with Gasteiger partial charge in [-0.25, -0.2) is 0 Å². The molecule has 4 rings (SSSR count). The van der Waals surface area contributed by atoms with Gasteiger partial charge in [-0.2, -0.15) is 0 Å². The smallest absolute Gasteiger partial charge is 0.277 e. The molecule has 7 nitrogen and oxygen atoms in total. The van der Waals surface area contributed by atoms with E-state index in [0.29, 0.717) is 16.8 Å². The van der Waals surface area contributed by atoms with Gasteiger partial charge in [0.05, 0.1) is 11.7 Å². The highest BCUT2D eigenvalue weighted by Crippen LogP contribution is 2.31. The maximum Gasteiger partial charge on any atom is 0.277 e. The normalized spacial score (nSPS) is 17.5. The summed E-state index contributed by atoms with van der Waals surface area (Å²) in [6, 6.07) is 15.3. The van der Waals surface area contributed by atoms with E-state index < -0.39 is 0 Å². The zero-order chi connectivity index (χ0) is 22.8. The van der Waals surface area contributed by atoms with Crippen LogP contribution in [-0.4, -0.2) is 68.0 Å². The standard InChI is InChI=1S/C25H30N4O3/c1-17(2)32-21-11-5-18(6-12-21)22-23(25(31)28(4)24(22)30)26-19-7-9-20(10-8-19)29-15-13-27(3)14-16-29/h5-12,17,26H,13-16H2,1-4H3.